The van der Waals surface area contributed by atoms with Gasteiger partial charge in [0, 0.05) is 26.9 Å². The molecule has 0 spiro atoms. The topological polar surface area (TPSA) is 39.4 Å². The minimum atomic E-state index is 0.846. The lowest BCUT2D eigenvalue weighted by atomic mass is 9.85. The van der Waals surface area contributed by atoms with E-state index in [9.17, 15) is 0 Å². The van der Waals surface area contributed by atoms with Crippen LogP contribution in [0.4, 0.5) is 0 Å². The van der Waals surface area contributed by atoms with Crippen LogP contribution in [0.15, 0.2) is 183 Å². The highest BCUT2D eigenvalue weighted by molar-refractivity contribution is 6.29. The van der Waals surface area contributed by atoms with Gasteiger partial charge in [-0.15, -0.1) is 0 Å². The quantitative estimate of drug-likeness (QED) is 0.175. The van der Waals surface area contributed by atoms with Gasteiger partial charge in [0.25, 0.3) is 0 Å². The Bertz CT molecular complexity index is 3410. The van der Waals surface area contributed by atoms with E-state index in [1.807, 2.05) is 18.2 Å². The van der Waals surface area contributed by atoms with Crippen LogP contribution in [0.2, 0.25) is 0 Å². The smallest absolute Gasteiger partial charge is 0.136 e. The zero-order valence-electron chi connectivity index (χ0n) is 28.4. The fourth-order valence-corrected chi connectivity index (χ4v) is 8.87. The molecule has 0 radical (unpaired) electrons. The molecular weight excluding hydrogens is 649 g/mol. The van der Waals surface area contributed by atoms with E-state index in [0.717, 1.165) is 71.5 Å². The lowest BCUT2D eigenvalue weighted by Gasteiger charge is -2.18. The molecule has 0 bridgehead atoms. The number of hydrogen-bond acceptors (Lipinski definition) is 3. The normalized spacial score (nSPS) is 12.2. The van der Waals surface area contributed by atoms with Gasteiger partial charge in [-0.3, -0.25) is 0 Å². The van der Waals surface area contributed by atoms with Crippen molar-refractivity contribution in [3.05, 3.63) is 170 Å². The van der Waals surface area contributed by atoms with Gasteiger partial charge in [-0.1, -0.05) is 115 Å². The molecule has 0 amide bonds. The molecule has 3 heterocycles. The molecule has 0 aliphatic heterocycles. The Balaban J connectivity index is 1.12. The summed E-state index contributed by atoms with van der Waals surface area (Å²) in [6.07, 6.45) is 1.78. The molecule has 12 rings (SSSR count). The highest BCUT2D eigenvalue weighted by Crippen LogP contribution is 2.48. The first kappa shape index (κ1) is 28.6. The third kappa shape index (κ3) is 4.05. The summed E-state index contributed by atoms with van der Waals surface area (Å²) >= 11 is 0. The fourth-order valence-electron chi connectivity index (χ4n) is 8.87. The van der Waals surface area contributed by atoms with Crippen LogP contribution in [0.25, 0.3) is 121 Å². The van der Waals surface area contributed by atoms with E-state index >= 15 is 0 Å². The molecule has 0 fully saturated rings. The molecule has 0 N–H and O–H groups in total. The van der Waals surface area contributed by atoms with Gasteiger partial charge in [-0.2, -0.15) is 0 Å². The number of hydrogen-bond donors (Lipinski definition) is 0. The summed E-state index contributed by atoms with van der Waals surface area (Å²) in [4.78, 5) is 0. The summed E-state index contributed by atoms with van der Waals surface area (Å²) in [7, 11) is 0. The maximum absolute atomic E-state index is 6.75. The van der Waals surface area contributed by atoms with Crippen LogP contribution < -0.4 is 0 Å². The van der Waals surface area contributed by atoms with Crippen LogP contribution in [0.3, 0.4) is 0 Å². The molecular formula is C50H28O3. The third-order valence-corrected chi connectivity index (χ3v) is 11.1. The zero-order valence-corrected chi connectivity index (χ0v) is 28.4. The van der Waals surface area contributed by atoms with Crippen LogP contribution in [-0.4, -0.2) is 0 Å². The number of furan rings is 3. The van der Waals surface area contributed by atoms with Gasteiger partial charge < -0.3 is 13.3 Å². The van der Waals surface area contributed by atoms with Gasteiger partial charge >= 0.3 is 0 Å². The number of benzene rings is 9. The van der Waals surface area contributed by atoms with Crippen molar-refractivity contribution in [2.45, 2.75) is 0 Å². The van der Waals surface area contributed by atoms with Crippen LogP contribution >= 0.6 is 0 Å². The van der Waals surface area contributed by atoms with Gasteiger partial charge in [-0.25, -0.2) is 0 Å². The molecule has 3 nitrogen and oxygen atoms in total. The molecule has 9 aromatic carbocycles. The monoisotopic (exact) mass is 676 g/mol. The Hall–Kier alpha value is -7.10. The van der Waals surface area contributed by atoms with Crippen LogP contribution in [0, 0.1) is 0 Å². The summed E-state index contributed by atoms with van der Waals surface area (Å²) in [5, 5.41) is 12.7. The number of fused-ring (bicyclic) bond motifs is 11. The minimum Gasteiger partial charge on any atom is -0.464 e. The molecule has 0 aliphatic rings. The summed E-state index contributed by atoms with van der Waals surface area (Å²) in [6.45, 7) is 0. The first-order chi connectivity index (χ1) is 26.3. The molecule has 53 heavy (non-hydrogen) atoms. The van der Waals surface area contributed by atoms with Gasteiger partial charge in [0.2, 0.25) is 0 Å². The van der Waals surface area contributed by atoms with Crippen LogP contribution in [0.5, 0.6) is 0 Å². The van der Waals surface area contributed by atoms with Crippen molar-refractivity contribution in [3.8, 4) is 33.4 Å². The first-order valence-electron chi connectivity index (χ1n) is 18.0. The average Bonchev–Trinajstić information content (AvgIpc) is 3.95. The predicted octanol–water partition coefficient (Wildman–Crippen LogP) is 14.7. The van der Waals surface area contributed by atoms with E-state index in [4.69, 9.17) is 13.3 Å². The molecule has 3 heteroatoms. The second-order valence-corrected chi connectivity index (χ2v) is 13.9. The van der Waals surface area contributed by atoms with E-state index < -0.39 is 0 Å². The Labute approximate surface area is 302 Å². The van der Waals surface area contributed by atoms with E-state index in [0.29, 0.717) is 0 Å². The number of rotatable bonds is 3. The summed E-state index contributed by atoms with van der Waals surface area (Å²) in [6, 6.07) is 58.3. The van der Waals surface area contributed by atoms with E-state index in [1.165, 1.54) is 49.0 Å². The molecule has 0 atom stereocenters. The van der Waals surface area contributed by atoms with E-state index in [2.05, 4.69) is 146 Å². The van der Waals surface area contributed by atoms with Crippen LogP contribution in [-0.2, 0) is 0 Å². The Morgan fingerprint density at radius 1 is 0.302 bits per heavy atom. The standard InChI is InChI=1S/C50H28O3/c1-2-10-30-27-31(20-19-29(30)9-1)33-15-7-18-42-48(33)50-44(52-42)24-23-43-49(50)40-22-21-32(28-45(40)53-43)46-36-11-3-5-13-38(36)47(39-14-6-4-12-37(39)46)35-16-8-17-41-34(35)25-26-51-41/h1-28H. The van der Waals surface area contributed by atoms with Crippen molar-refractivity contribution >= 4 is 87.2 Å². The van der Waals surface area contributed by atoms with E-state index in [-0.39, 0.29) is 0 Å². The lowest BCUT2D eigenvalue weighted by molar-refractivity contribution is 0.616. The SMILES string of the molecule is c1ccc2cc(-c3cccc4oc5ccc6oc7cc(-c8c9ccccc9c(-c9cccc%10occc9%10)c9ccccc89)ccc7c6c5c34)ccc2c1. The molecule has 0 saturated carbocycles. The average molecular weight is 677 g/mol. The van der Waals surface area contributed by atoms with Crippen molar-refractivity contribution in [1.82, 2.24) is 0 Å². The molecule has 12 aromatic rings. The molecule has 246 valence electrons. The highest BCUT2D eigenvalue weighted by atomic mass is 16.3. The first-order valence-corrected chi connectivity index (χ1v) is 18.0. The summed E-state index contributed by atoms with van der Waals surface area (Å²) < 4.78 is 19.1. The maximum Gasteiger partial charge on any atom is 0.136 e. The van der Waals surface area contributed by atoms with Gasteiger partial charge in [0.05, 0.1) is 6.26 Å². The Kier molecular flexibility index (Phi) is 5.77. The van der Waals surface area contributed by atoms with Gasteiger partial charge in [-0.05, 0) is 114 Å². The van der Waals surface area contributed by atoms with Crippen molar-refractivity contribution < 1.29 is 13.3 Å². The third-order valence-electron chi connectivity index (χ3n) is 11.1. The van der Waals surface area contributed by atoms with Crippen molar-refractivity contribution in [2.75, 3.05) is 0 Å². The summed E-state index contributed by atoms with van der Waals surface area (Å²) in [5.74, 6) is 0. The second-order valence-electron chi connectivity index (χ2n) is 13.9. The molecule has 0 saturated heterocycles. The maximum atomic E-state index is 6.75. The summed E-state index contributed by atoms with van der Waals surface area (Å²) in [5.41, 5.74) is 11.3. The highest BCUT2D eigenvalue weighted by Gasteiger charge is 2.22. The Morgan fingerprint density at radius 3 is 1.72 bits per heavy atom. The lowest BCUT2D eigenvalue weighted by Crippen LogP contribution is -1.91. The molecule has 3 aromatic heterocycles. The van der Waals surface area contributed by atoms with Gasteiger partial charge in [0.15, 0.2) is 0 Å². The second kappa shape index (κ2) is 10.7. The fraction of sp³-hybridized carbons (Fsp3) is 0. The van der Waals surface area contributed by atoms with Crippen molar-refractivity contribution in [3.63, 3.8) is 0 Å². The van der Waals surface area contributed by atoms with Crippen molar-refractivity contribution in [1.29, 1.82) is 0 Å². The van der Waals surface area contributed by atoms with Crippen LogP contribution in [0.1, 0.15) is 0 Å². The van der Waals surface area contributed by atoms with Crippen molar-refractivity contribution in [2.24, 2.45) is 0 Å². The Morgan fingerprint density at radius 2 is 0.925 bits per heavy atom. The van der Waals surface area contributed by atoms with Gasteiger partial charge in [0.1, 0.15) is 27.9 Å². The molecule has 0 aliphatic carbocycles. The molecule has 0 unspecified atom stereocenters. The van der Waals surface area contributed by atoms with E-state index in [1.54, 1.807) is 6.26 Å². The zero-order chi connectivity index (χ0) is 34.6. The predicted molar refractivity (Wildman–Crippen MR) is 220 cm³/mol. The minimum absolute atomic E-state index is 0.846. The largest absolute Gasteiger partial charge is 0.464 e.